The Kier molecular flexibility index (Phi) is 7.20. The van der Waals surface area contributed by atoms with Crippen molar-refractivity contribution in [3.63, 3.8) is 0 Å². The summed E-state index contributed by atoms with van der Waals surface area (Å²) in [5.41, 5.74) is 2.44. The van der Waals surface area contributed by atoms with Gasteiger partial charge in [-0.3, -0.25) is 4.90 Å². The fourth-order valence-corrected chi connectivity index (χ4v) is 3.92. The van der Waals surface area contributed by atoms with Crippen molar-refractivity contribution in [2.75, 3.05) is 32.7 Å². The number of carbonyl (C=O) groups excluding carboxylic acids is 1. The minimum absolute atomic E-state index is 0.154. The third-order valence-electron chi connectivity index (χ3n) is 4.89. The monoisotopic (exact) mass is 387 g/mol. The number of hydrogen-bond donors (Lipinski definition) is 2. The molecule has 2 amide bonds. The Hall–Kier alpha value is -1.96. The summed E-state index contributed by atoms with van der Waals surface area (Å²) in [6, 6.07) is 8.39. The maximum atomic E-state index is 11.9. The van der Waals surface area contributed by atoms with Crippen molar-refractivity contribution in [3.05, 3.63) is 51.5 Å². The number of nitrogens with one attached hydrogen (secondary N) is 2. The average Bonchev–Trinajstić information content (AvgIpc) is 3.12. The molecule has 1 aromatic carbocycles. The zero-order valence-electron chi connectivity index (χ0n) is 16.2. The summed E-state index contributed by atoms with van der Waals surface area (Å²) in [5.74, 6) is 0. The fraction of sp³-hybridized carbons (Fsp3) is 0.500. The number of thiazole rings is 1. The quantitative estimate of drug-likeness (QED) is 0.767. The second kappa shape index (κ2) is 9.82. The summed E-state index contributed by atoms with van der Waals surface area (Å²) in [7, 11) is 0. The molecule has 0 bridgehead atoms. The predicted octanol–water partition coefficient (Wildman–Crippen LogP) is 2.59. The molecule has 146 valence electrons. The van der Waals surface area contributed by atoms with Crippen LogP contribution in [0.5, 0.6) is 0 Å². The van der Waals surface area contributed by atoms with Crippen LogP contribution in [0, 0.1) is 6.92 Å². The van der Waals surface area contributed by atoms with Crippen LogP contribution in [0.1, 0.15) is 27.9 Å². The Labute approximate surface area is 165 Å². The first kappa shape index (κ1) is 19.8. The molecular formula is C20H29N5OS. The minimum Gasteiger partial charge on any atom is -0.334 e. The van der Waals surface area contributed by atoms with Crippen LogP contribution in [0.3, 0.4) is 0 Å². The van der Waals surface area contributed by atoms with Gasteiger partial charge in [0.1, 0.15) is 0 Å². The second-order valence-corrected chi connectivity index (χ2v) is 8.23. The van der Waals surface area contributed by atoms with Crippen LogP contribution < -0.4 is 10.6 Å². The van der Waals surface area contributed by atoms with E-state index in [0.29, 0.717) is 13.1 Å². The van der Waals surface area contributed by atoms with Gasteiger partial charge in [0.2, 0.25) is 0 Å². The Morgan fingerprint density at radius 3 is 2.30 bits per heavy atom. The first-order valence-electron chi connectivity index (χ1n) is 9.58. The first-order valence-corrected chi connectivity index (χ1v) is 10.4. The van der Waals surface area contributed by atoms with Crippen molar-refractivity contribution < 1.29 is 4.79 Å². The van der Waals surface area contributed by atoms with Gasteiger partial charge in [-0.05, 0) is 24.6 Å². The highest BCUT2D eigenvalue weighted by molar-refractivity contribution is 7.11. The summed E-state index contributed by atoms with van der Waals surface area (Å²) in [5, 5.41) is 6.79. The number of aryl methyl sites for hydroxylation is 1. The summed E-state index contributed by atoms with van der Waals surface area (Å²) in [4.78, 5) is 22.2. The third kappa shape index (κ3) is 6.30. The summed E-state index contributed by atoms with van der Waals surface area (Å²) in [6.45, 7) is 12.0. The largest absolute Gasteiger partial charge is 0.334 e. The number of nitrogens with zero attached hydrogens (tertiary/aromatic N) is 3. The molecule has 2 heterocycles. The summed E-state index contributed by atoms with van der Waals surface area (Å²) in [6.07, 6.45) is 1.81. The average molecular weight is 388 g/mol. The highest BCUT2D eigenvalue weighted by atomic mass is 32.1. The van der Waals surface area contributed by atoms with Crippen LogP contribution in [0.15, 0.2) is 30.5 Å². The standard InChI is InChI=1S/C20H29N5OS/c1-3-24-8-10-25(11-9-24)15-18-6-4-17(5-7-18)12-22-20(26)23-14-19-13-21-16(2)27-19/h4-7,13H,3,8-12,14-15H2,1-2H3,(H2,22,23,26). The summed E-state index contributed by atoms with van der Waals surface area (Å²) < 4.78 is 0. The molecular weight excluding hydrogens is 358 g/mol. The maximum absolute atomic E-state index is 11.9. The smallest absolute Gasteiger partial charge is 0.315 e. The molecule has 7 heteroatoms. The number of amides is 2. The third-order valence-corrected chi connectivity index (χ3v) is 5.80. The van der Waals surface area contributed by atoms with Crippen molar-refractivity contribution in [1.29, 1.82) is 0 Å². The van der Waals surface area contributed by atoms with Gasteiger partial charge in [0.25, 0.3) is 0 Å². The molecule has 6 nitrogen and oxygen atoms in total. The SMILES string of the molecule is CCN1CCN(Cc2ccc(CNC(=O)NCc3cnc(C)s3)cc2)CC1. The van der Waals surface area contributed by atoms with Crippen molar-refractivity contribution >= 4 is 17.4 Å². The van der Waals surface area contributed by atoms with Gasteiger partial charge < -0.3 is 15.5 Å². The van der Waals surface area contributed by atoms with E-state index in [-0.39, 0.29) is 6.03 Å². The Bertz CT molecular complexity index is 722. The van der Waals surface area contributed by atoms with Crippen molar-refractivity contribution in [2.24, 2.45) is 0 Å². The highest BCUT2D eigenvalue weighted by Crippen LogP contribution is 2.11. The number of likely N-dealkylation sites (N-methyl/N-ethyl adjacent to an activating group) is 1. The number of carbonyl (C=O) groups is 1. The molecule has 0 unspecified atom stereocenters. The van der Waals surface area contributed by atoms with E-state index >= 15 is 0 Å². The number of rotatable bonds is 7. The van der Waals surface area contributed by atoms with Gasteiger partial charge in [-0.15, -0.1) is 11.3 Å². The minimum atomic E-state index is -0.154. The van der Waals surface area contributed by atoms with Gasteiger partial charge >= 0.3 is 6.03 Å². The lowest BCUT2D eigenvalue weighted by atomic mass is 10.1. The molecule has 0 aliphatic carbocycles. The Morgan fingerprint density at radius 1 is 1.04 bits per heavy atom. The van der Waals surface area contributed by atoms with Gasteiger partial charge in [0.05, 0.1) is 11.6 Å². The molecule has 0 spiro atoms. The number of piperazine rings is 1. The second-order valence-electron chi connectivity index (χ2n) is 6.91. The number of hydrogen-bond acceptors (Lipinski definition) is 5. The molecule has 2 aromatic rings. The summed E-state index contributed by atoms with van der Waals surface area (Å²) >= 11 is 1.60. The Morgan fingerprint density at radius 2 is 1.67 bits per heavy atom. The van der Waals surface area contributed by atoms with Gasteiger partial charge in [-0.2, -0.15) is 0 Å². The van der Waals surface area contributed by atoms with Gasteiger partial charge in [-0.25, -0.2) is 9.78 Å². The van der Waals surface area contributed by atoms with E-state index in [1.165, 1.54) is 5.56 Å². The predicted molar refractivity (Wildman–Crippen MR) is 110 cm³/mol. The molecule has 2 N–H and O–H groups in total. The molecule has 27 heavy (non-hydrogen) atoms. The Balaban J connectivity index is 1.38. The van der Waals surface area contributed by atoms with E-state index in [2.05, 4.69) is 56.6 Å². The van der Waals surface area contributed by atoms with Crippen molar-refractivity contribution in [2.45, 2.75) is 33.5 Å². The number of urea groups is 1. The molecule has 1 aliphatic rings. The molecule has 0 atom stereocenters. The topological polar surface area (TPSA) is 60.5 Å². The van der Waals surface area contributed by atoms with Crippen LogP contribution in [-0.2, 0) is 19.6 Å². The zero-order chi connectivity index (χ0) is 19.1. The van der Waals surface area contributed by atoms with Crippen LogP contribution in [0.4, 0.5) is 4.79 Å². The van der Waals surface area contributed by atoms with Gasteiger partial charge in [0.15, 0.2) is 0 Å². The number of benzene rings is 1. The van der Waals surface area contributed by atoms with Crippen LogP contribution in [0.2, 0.25) is 0 Å². The van der Waals surface area contributed by atoms with E-state index in [0.717, 1.165) is 54.7 Å². The van der Waals surface area contributed by atoms with E-state index < -0.39 is 0 Å². The van der Waals surface area contributed by atoms with Crippen LogP contribution >= 0.6 is 11.3 Å². The van der Waals surface area contributed by atoms with Gasteiger partial charge in [-0.1, -0.05) is 31.2 Å². The lowest BCUT2D eigenvalue weighted by Gasteiger charge is -2.34. The fourth-order valence-electron chi connectivity index (χ4n) is 3.18. The van der Waals surface area contributed by atoms with Crippen molar-refractivity contribution in [3.8, 4) is 0 Å². The maximum Gasteiger partial charge on any atom is 0.315 e. The van der Waals surface area contributed by atoms with Gasteiger partial charge in [0, 0.05) is 50.3 Å². The number of aromatic nitrogens is 1. The molecule has 1 fully saturated rings. The molecule has 3 rings (SSSR count). The molecule has 1 aromatic heterocycles. The van der Waals surface area contributed by atoms with E-state index in [1.807, 2.05) is 6.92 Å². The molecule has 0 radical (unpaired) electrons. The highest BCUT2D eigenvalue weighted by Gasteiger charge is 2.15. The van der Waals surface area contributed by atoms with E-state index in [4.69, 9.17) is 0 Å². The van der Waals surface area contributed by atoms with Crippen LogP contribution in [0.25, 0.3) is 0 Å². The van der Waals surface area contributed by atoms with E-state index in [9.17, 15) is 4.79 Å². The molecule has 0 saturated carbocycles. The lowest BCUT2D eigenvalue weighted by molar-refractivity contribution is 0.132. The van der Waals surface area contributed by atoms with Crippen LogP contribution in [-0.4, -0.2) is 53.5 Å². The lowest BCUT2D eigenvalue weighted by Crippen LogP contribution is -2.45. The van der Waals surface area contributed by atoms with Crippen molar-refractivity contribution in [1.82, 2.24) is 25.4 Å². The molecule has 1 saturated heterocycles. The van der Waals surface area contributed by atoms with E-state index in [1.54, 1.807) is 17.5 Å². The first-order chi connectivity index (χ1) is 13.1. The zero-order valence-corrected chi connectivity index (χ0v) is 17.0. The normalized spacial score (nSPS) is 15.6. The molecule has 1 aliphatic heterocycles.